The van der Waals surface area contributed by atoms with Crippen LogP contribution in [0, 0.1) is 0 Å². The lowest BCUT2D eigenvalue weighted by atomic mass is 9.87. The fourth-order valence-electron chi connectivity index (χ4n) is 5.85. The van der Waals surface area contributed by atoms with Crippen LogP contribution in [-0.2, 0) is 6.42 Å². The highest BCUT2D eigenvalue weighted by atomic mass is 14.2. The number of hydrogen-bond acceptors (Lipinski definition) is 0. The molecule has 0 saturated carbocycles. The van der Waals surface area contributed by atoms with Gasteiger partial charge in [-0.15, -0.1) is 0 Å². The van der Waals surface area contributed by atoms with Crippen LogP contribution in [0.15, 0.2) is 127 Å². The lowest BCUT2D eigenvalue weighted by molar-refractivity contribution is 1.14. The van der Waals surface area contributed by atoms with Crippen molar-refractivity contribution in [2.24, 2.45) is 0 Å². The minimum atomic E-state index is 1.03. The zero-order valence-corrected chi connectivity index (χ0v) is 20.3. The van der Waals surface area contributed by atoms with Crippen molar-refractivity contribution in [3.8, 4) is 22.3 Å². The van der Waals surface area contributed by atoms with Crippen LogP contribution < -0.4 is 0 Å². The summed E-state index contributed by atoms with van der Waals surface area (Å²) in [6, 6.07) is 47.0. The van der Waals surface area contributed by atoms with Crippen LogP contribution >= 0.6 is 0 Å². The van der Waals surface area contributed by atoms with E-state index in [0.29, 0.717) is 0 Å². The van der Waals surface area contributed by atoms with Gasteiger partial charge in [-0.2, -0.15) is 0 Å². The third-order valence-electron chi connectivity index (χ3n) is 7.61. The molecule has 0 aromatic heterocycles. The smallest absolute Gasteiger partial charge is 0.00267 e. The summed E-state index contributed by atoms with van der Waals surface area (Å²) in [7, 11) is 0. The molecule has 7 aromatic carbocycles. The molecule has 170 valence electrons. The second kappa shape index (κ2) is 8.36. The van der Waals surface area contributed by atoms with Crippen LogP contribution in [0.2, 0.25) is 0 Å². The fourth-order valence-corrected chi connectivity index (χ4v) is 5.85. The highest BCUT2D eigenvalue weighted by Gasteiger charge is 2.14. The molecule has 0 aliphatic rings. The lowest BCUT2D eigenvalue weighted by Crippen LogP contribution is -1.90. The first-order valence-electron chi connectivity index (χ1n) is 12.8. The second-order valence-electron chi connectivity index (χ2n) is 9.61. The molecule has 0 nitrogen and oxygen atoms in total. The maximum absolute atomic E-state index is 2.40. The summed E-state index contributed by atoms with van der Waals surface area (Å²) in [5, 5.41) is 10.4. The van der Waals surface area contributed by atoms with E-state index in [2.05, 4.69) is 134 Å². The van der Waals surface area contributed by atoms with E-state index in [-0.39, 0.29) is 0 Å². The molecule has 7 rings (SSSR count). The van der Waals surface area contributed by atoms with E-state index in [1.54, 1.807) is 0 Å². The molecule has 0 aliphatic heterocycles. The van der Waals surface area contributed by atoms with Gasteiger partial charge in [-0.05, 0) is 83.4 Å². The summed E-state index contributed by atoms with van der Waals surface area (Å²) in [4.78, 5) is 0. The Morgan fingerprint density at radius 2 is 1.03 bits per heavy atom. The molecule has 0 amide bonds. The average Bonchev–Trinajstić information content (AvgIpc) is 2.96. The molecule has 0 heteroatoms. The quantitative estimate of drug-likeness (QED) is 0.231. The zero-order chi connectivity index (χ0) is 24.1. The molecule has 0 unspecified atom stereocenters. The van der Waals surface area contributed by atoms with E-state index in [1.807, 2.05) is 0 Å². The van der Waals surface area contributed by atoms with Gasteiger partial charge in [0.1, 0.15) is 0 Å². The summed E-state index contributed by atoms with van der Waals surface area (Å²) in [6.45, 7) is 2.22. The molecule has 0 radical (unpaired) electrons. The summed E-state index contributed by atoms with van der Waals surface area (Å²) in [5.74, 6) is 0. The van der Waals surface area contributed by atoms with Gasteiger partial charge in [-0.3, -0.25) is 0 Å². The predicted molar refractivity (Wildman–Crippen MR) is 157 cm³/mol. The third-order valence-corrected chi connectivity index (χ3v) is 7.61. The van der Waals surface area contributed by atoms with Crippen LogP contribution in [0.5, 0.6) is 0 Å². The van der Waals surface area contributed by atoms with Crippen LogP contribution in [0.4, 0.5) is 0 Å². The minimum absolute atomic E-state index is 1.03. The predicted octanol–water partition coefficient (Wildman–Crippen LogP) is 10.2. The molecule has 0 spiro atoms. The van der Waals surface area contributed by atoms with Crippen LogP contribution in [0.3, 0.4) is 0 Å². The largest absolute Gasteiger partial charge is 0.0616 e. The van der Waals surface area contributed by atoms with Crippen molar-refractivity contribution < 1.29 is 0 Å². The Hall–Kier alpha value is -4.42. The van der Waals surface area contributed by atoms with Crippen LogP contribution in [0.25, 0.3) is 65.3 Å². The first-order chi connectivity index (χ1) is 17.8. The lowest BCUT2D eigenvalue weighted by Gasteiger charge is -2.17. The van der Waals surface area contributed by atoms with Gasteiger partial charge in [0, 0.05) is 0 Å². The van der Waals surface area contributed by atoms with E-state index in [9.17, 15) is 0 Å². The van der Waals surface area contributed by atoms with Gasteiger partial charge in [-0.25, -0.2) is 0 Å². The molecule has 0 saturated heterocycles. The Labute approximate surface area is 211 Å². The Balaban J connectivity index is 1.57. The maximum Gasteiger partial charge on any atom is -0.00267 e. The van der Waals surface area contributed by atoms with E-state index in [4.69, 9.17) is 0 Å². The van der Waals surface area contributed by atoms with Crippen molar-refractivity contribution in [3.05, 3.63) is 133 Å². The van der Waals surface area contributed by atoms with Gasteiger partial charge in [0.05, 0.1) is 0 Å². The summed E-state index contributed by atoms with van der Waals surface area (Å²) < 4.78 is 0. The summed E-state index contributed by atoms with van der Waals surface area (Å²) in [6.07, 6.45) is 1.03. The summed E-state index contributed by atoms with van der Waals surface area (Å²) >= 11 is 0. The molecule has 0 N–H and O–H groups in total. The molecule has 0 heterocycles. The Kier molecular flexibility index (Phi) is 4.85. The van der Waals surface area contributed by atoms with Crippen molar-refractivity contribution in [1.29, 1.82) is 0 Å². The number of benzene rings is 7. The topological polar surface area (TPSA) is 0 Å². The van der Waals surface area contributed by atoms with Crippen molar-refractivity contribution in [3.63, 3.8) is 0 Å². The Morgan fingerprint density at radius 3 is 1.72 bits per heavy atom. The molecule has 7 aromatic rings. The molecule has 0 bridgehead atoms. The first kappa shape index (κ1) is 20.9. The van der Waals surface area contributed by atoms with Crippen LogP contribution in [-0.4, -0.2) is 0 Å². The van der Waals surface area contributed by atoms with E-state index in [0.717, 1.165) is 6.42 Å². The standard InChI is InChI=1S/C36H26/c1-2-24-10-9-12-27(22-24)36-28-13-4-3-11-25(28)18-20-29(36)26-19-21-34-32-16-6-5-14-30(32)31-15-7-8-17-33(31)35(34)23-26/h3-23H,2H2,1H3. The molecule has 0 fully saturated rings. The highest BCUT2D eigenvalue weighted by molar-refractivity contribution is 6.26. The van der Waals surface area contributed by atoms with E-state index >= 15 is 0 Å². The normalized spacial score (nSPS) is 11.6. The molecular weight excluding hydrogens is 432 g/mol. The number of rotatable bonds is 3. The minimum Gasteiger partial charge on any atom is -0.0616 e. The monoisotopic (exact) mass is 458 g/mol. The molecular formula is C36H26. The molecule has 36 heavy (non-hydrogen) atoms. The number of fused-ring (bicyclic) bond motifs is 7. The first-order valence-corrected chi connectivity index (χ1v) is 12.8. The van der Waals surface area contributed by atoms with Crippen molar-refractivity contribution in [1.82, 2.24) is 0 Å². The van der Waals surface area contributed by atoms with Gasteiger partial charge in [0.15, 0.2) is 0 Å². The molecule has 0 aliphatic carbocycles. The van der Waals surface area contributed by atoms with Crippen molar-refractivity contribution in [2.75, 3.05) is 0 Å². The SMILES string of the molecule is CCc1cccc(-c2c(-c3ccc4c5ccccc5c5ccccc5c4c3)ccc3ccccc23)c1. The Bertz CT molecular complexity index is 1890. The van der Waals surface area contributed by atoms with Crippen molar-refractivity contribution in [2.45, 2.75) is 13.3 Å². The van der Waals surface area contributed by atoms with Gasteiger partial charge in [-0.1, -0.05) is 128 Å². The average molecular weight is 459 g/mol. The highest BCUT2D eigenvalue weighted by Crippen LogP contribution is 2.41. The summed E-state index contributed by atoms with van der Waals surface area (Å²) in [5.41, 5.74) is 6.49. The zero-order valence-electron chi connectivity index (χ0n) is 20.3. The number of aryl methyl sites for hydroxylation is 1. The third kappa shape index (κ3) is 3.22. The van der Waals surface area contributed by atoms with Gasteiger partial charge >= 0.3 is 0 Å². The van der Waals surface area contributed by atoms with E-state index in [1.165, 1.54) is 70.9 Å². The fraction of sp³-hybridized carbons (Fsp3) is 0.0556. The van der Waals surface area contributed by atoms with E-state index < -0.39 is 0 Å². The second-order valence-corrected chi connectivity index (χ2v) is 9.61. The number of hydrogen-bond donors (Lipinski definition) is 0. The van der Waals surface area contributed by atoms with Crippen LogP contribution in [0.1, 0.15) is 12.5 Å². The van der Waals surface area contributed by atoms with Gasteiger partial charge < -0.3 is 0 Å². The maximum atomic E-state index is 2.40. The molecule has 0 atom stereocenters. The van der Waals surface area contributed by atoms with Crippen molar-refractivity contribution >= 4 is 43.1 Å². The Morgan fingerprint density at radius 1 is 0.417 bits per heavy atom. The van der Waals surface area contributed by atoms with Gasteiger partial charge in [0.25, 0.3) is 0 Å². The van der Waals surface area contributed by atoms with Gasteiger partial charge in [0.2, 0.25) is 0 Å².